The van der Waals surface area contributed by atoms with Gasteiger partial charge in [0.25, 0.3) is 0 Å². The minimum absolute atomic E-state index is 0.0112. The molecule has 8 heterocycles. The third kappa shape index (κ3) is 4.89. The van der Waals surface area contributed by atoms with Gasteiger partial charge in [0.2, 0.25) is 0 Å². The fourth-order valence-corrected chi connectivity index (χ4v) is 16.0. The van der Waals surface area contributed by atoms with Gasteiger partial charge in [-0.25, -0.2) is 0 Å². The molecule has 0 unspecified atom stereocenters. The third-order valence-electron chi connectivity index (χ3n) is 16.7. The summed E-state index contributed by atoms with van der Waals surface area (Å²) in [5, 5.41) is 12.8. The number of rotatable bonds is 3. The average Bonchev–Trinajstić information content (AvgIpc) is 1.51. The summed E-state index contributed by atoms with van der Waals surface area (Å²) in [4.78, 5) is 0. The van der Waals surface area contributed by atoms with Crippen LogP contribution in [0.5, 0.6) is 0 Å². The second kappa shape index (κ2) is 14.2. The maximum atomic E-state index is 9.37. The Bertz CT molecular complexity index is 6900. The maximum absolute atomic E-state index is 9.37. The van der Waals surface area contributed by atoms with Crippen LogP contribution in [0.25, 0.3) is 183 Å². The highest BCUT2D eigenvalue weighted by molar-refractivity contribution is 7.27. The van der Waals surface area contributed by atoms with Crippen LogP contribution >= 0.6 is 22.7 Å². The van der Waals surface area contributed by atoms with Gasteiger partial charge in [0, 0.05) is 116 Å². The summed E-state index contributed by atoms with van der Waals surface area (Å²) in [5.41, 5.74) is 8.53. The van der Waals surface area contributed by atoms with Gasteiger partial charge in [-0.1, -0.05) is 139 Å². The highest BCUT2D eigenvalue weighted by Crippen LogP contribution is 2.52. The van der Waals surface area contributed by atoms with Gasteiger partial charge in [-0.3, -0.25) is 0 Å². The number of thiophene rings is 2. The molecular formula is C72H38N4S2. The van der Waals surface area contributed by atoms with Crippen LogP contribution in [0, 0.1) is 0 Å². The lowest BCUT2D eigenvalue weighted by atomic mass is 10.00. The van der Waals surface area contributed by atoms with Crippen molar-refractivity contribution >= 4 is 183 Å². The van der Waals surface area contributed by atoms with Crippen LogP contribution in [0.4, 0.5) is 0 Å². The number of benzene rings is 12. The van der Waals surface area contributed by atoms with Crippen molar-refractivity contribution in [1.82, 2.24) is 17.9 Å². The Morgan fingerprint density at radius 3 is 1.21 bits per heavy atom. The summed E-state index contributed by atoms with van der Waals surface area (Å²) in [6, 6.07) is 39.0. The Kier molecular flexibility index (Phi) is 5.27. The van der Waals surface area contributed by atoms with Crippen molar-refractivity contribution in [3.8, 4) is 22.5 Å². The van der Waals surface area contributed by atoms with Crippen LogP contribution in [0.3, 0.4) is 0 Å². The molecule has 0 bridgehead atoms. The number of nitrogens with zero attached hydrogens (tertiary/aromatic N) is 4. The highest BCUT2D eigenvalue weighted by atomic mass is 32.1. The Labute approximate surface area is 473 Å². The van der Waals surface area contributed by atoms with Crippen molar-refractivity contribution in [2.24, 2.45) is 0 Å². The zero-order chi connectivity index (χ0) is 64.1. The molecule has 0 atom stereocenters. The summed E-state index contributed by atoms with van der Waals surface area (Å²) < 4.78 is 155. The summed E-state index contributed by atoms with van der Waals surface area (Å²) in [7, 11) is 0. The van der Waals surface area contributed by atoms with Crippen molar-refractivity contribution < 1.29 is 21.9 Å². The van der Waals surface area contributed by atoms with E-state index in [1.54, 1.807) is 27.2 Å². The van der Waals surface area contributed by atoms with Crippen molar-refractivity contribution in [1.29, 1.82) is 0 Å². The molecule has 20 aromatic rings. The Morgan fingerprint density at radius 1 is 0.282 bits per heavy atom. The first kappa shape index (κ1) is 29.0. The predicted molar refractivity (Wildman–Crippen MR) is 336 cm³/mol. The topological polar surface area (TPSA) is 18.7 Å². The number of fused-ring (bicyclic) bond motifs is 26. The molecule has 8 aromatic heterocycles. The van der Waals surface area contributed by atoms with E-state index in [0.717, 1.165) is 128 Å². The third-order valence-corrected chi connectivity index (χ3v) is 19.1. The molecule has 0 aliphatic rings. The number of aromatic nitrogens is 4. The Hall–Kier alpha value is -9.72. The van der Waals surface area contributed by atoms with Crippen LogP contribution in [0.2, 0.25) is 0 Å². The van der Waals surface area contributed by atoms with Gasteiger partial charge in [-0.15, -0.1) is 22.7 Å². The van der Waals surface area contributed by atoms with Gasteiger partial charge in [-0.2, -0.15) is 0 Å². The van der Waals surface area contributed by atoms with E-state index >= 15 is 0 Å². The summed E-state index contributed by atoms with van der Waals surface area (Å²) in [5.74, 6) is 0. The molecule has 6 heteroatoms. The smallest absolute Gasteiger partial charge is 0.0645 e. The van der Waals surface area contributed by atoms with E-state index in [2.05, 4.69) is 93.7 Å². The minimum atomic E-state index is -0.503. The fourth-order valence-electron chi connectivity index (χ4n) is 13.5. The van der Waals surface area contributed by atoms with Crippen molar-refractivity contribution in [3.63, 3.8) is 0 Å². The fraction of sp³-hybridized carbons (Fsp3) is 0. The normalized spacial score (nSPS) is 15.7. The lowest BCUT2D eigenvalue weighted by molar-refractivity contribution is 1.18. The molecule has 0 saturated heterocycles. The molecule has 0 fully saturated rings. The summed E-state index contributed by atoms with van der Waals surface area (Å²) in [6.45, 7) is 0. The van der Waals surface area contributed by atoms with Crippen molar-refractivity contribution in [2.75, 3.05) is 0 Å². The molecule has 20 rings (SSSR count). The summed E-state index contributed by atoms with van der Waals surface area (Å²) in [6.07, 6.45) is 0. The lowest BCUT2D eigenvalue weighted by Crippen LogP contribution is -1.94. The van der Waals surface area contributed by atoms with Crippen LogP contribution in [-0.2, 0) is 0 Å². The quantitative estimate of drug-likeness (QED) is 0.168. The largest absolute Gasteiger partial charge is 0.309 e. The van der Waals surface area contributed by atoms with E-state index in [0.29, 0.717) is 11.4 Å². The lowest BCUT2D eigenvalue weighted by Gasteiger charge is -2.10. The van der Waals surface area contributed by atoms with E-state index in [1.807, 2.05) is 48.5 Å². The Morgan fingerprint density at radius 2 is 0.692 bits per heavy atom. The van der Waals surface area contributed by atoms with Gasteiger partial charge < -0.3 is 17.9 Å². The number of para-hydroxylation sites is 4. The van der Waals surface area contributed by atoms with Crippen molar-refractivity contribution in [3.05, 3.63) is 230 Å². The van der Waals surface area contributed by atoms with Crippen LogP contribution in [-0.4, -0.2) is 17.9 Å². The SMILES string of the molecule is [2H]c1c([2H])c([2H])c2c(c1[2H])c1c([2H])c([2H])c([2H])c([2H])c1n2-c1ccc(-c2ccc3c4c5sc6ccccc6c5cc5c6cc7c(cc6n(c3c2)c54)c2cc3c4ccccc4sc3c3c4ccc(-n5c6c([2H])c([2H])c([2H])c([2H])c6c6c([2H])c([2H])c([2H])c([2H])c65)cc4n7c23)cc1. The maximum Gasteiger partial charge on any atom is 0.0645 e. The first-order valence-corrected chi connectivity index (χ1v) is 27.1. The molecule has 4 nitrogen and oxygen atoms in total. The van der Waals surface area contributed by atoms with Crippen LogP contribution in [0.1, 0.15) is 21.9 Å². The van der Waals surface area contributed by atoms with Crippen LogP contribution in [0.15, 0.2) is 230 Å². The molecule has 12 aromatic carbocycles. The predicted octanol–water partition coefficient (Wildman–Crippen LogP) is 20.6. The first-order chi connectivity index (χ1) is 45.3. The molecule has 0 spiro atoms. The number of hydrogen-bond donors (Lipinski definition) is 0. The molecule has 0 aliphatic heterocycles. The molecule has 78 heavy (non-hydrogen) atoms. The van der Waals surface area contributed by atoms with E-state index in [-0.39, 0.29) is 67.8 Å². The van der Waals surface area contributed by atoms with Crippen LogP contribution < -0.4 is 0 Å². The molecule has 0 N–H and O–H groups in total. The highest BCUT2D eigenvalue weighted by Gasteiger charge is 2.27. The molecular weight excluding hydrogens is 985 g/mol. The van der Waals surface area contributed by atoms with E-state index < -0.39 is 72.5 Å². The first-order valence-electron chi connectivity index (χ1n) is 33.5. The monoisotopic (exact) mass is 1040 g/mol. The average molecular weight is 1040 g/mol. The molecule has 0 saturated carbocycles. The van der Waals surface area contributed by atoms with Gasteiger partial charge in [0.15, 0.2) is 0 Å². The molecule has 358 valence electrons. The van der Waals surface area contributed by atoms with Gasteiger partial charge in [0.1, 0.15) is 0 Å². The van der Waals surface area contributed by atoms with Crippen molar-refractivity contribution in [2.45, 2.75) is 0 Å². The van der Waals surface area contributed by atoms with E-state index in [9.17, 15) is 5.48 Å². The van der Waals surface area contributed by atoms with E-state index in [4.69, 9.17) is 16.4 Å². The minimum Gasteiger partial charge on any atom is -0.309 e. The Balaban J connectivity index is 0.877. The van der Waals surface area contributed by atoms with Gasteiger partial charge >= 0.3 is 0 Å². The molecule has 0 radical (unpaired) electrons. The molecule has 0 amide bonds. The zero-order valence-corrected chi connectivity index (χ0v) is 41.9. The zero-order valence-electron chi connectivity index (χ0n) is 56.3. The van der Waals surface area contributed by atoms with Gasteiger partial charge in [-0.05, 0) is 102 Å². The van der Waals surface area contributed by atoms with Gasteiger partial charge in [0.05, 0.1) is 77.1 Å². The van der Waals surface area contributed by atoms with E-state index in [1.165, 1.54) is 4.57 Å². The summed E-state index contributed by atoms with van der Waals surface area (Å²) >= 11 is 3.49. The number of hydrogen-bond acceptors (Lipinski definition) is 2. The second-order valence-corrected chi connectivity index (χ2v) is 22.5. The second-order valence-electron chi connectivity index (χ2n) is 20.3. The molecule has 0 aliphatic carbocycles. The standard InChI is InChI=1S/C72H38N4S2/c1-7-19-57-43(13-1)44-14-2-8-20-58(44)73(57)41-28-25-39(26-29-41)40-27-31-49-61(33-40)75-63-37-52-54-36-56-48-18-6-12-24-66(48)78-72(56)68-50-32-30-42(74-59-21-9-3-15-45(59)46-16-4-10-22-60(46)74)34-62(50)76(70(54)68)64(52)38-51(63)53-35-55-47-17-5-11-23-65(47)77-71(55)67(49)69(53)75/h1-38H/i1D,2D,3D,4D,7D,8D,9D,10D,13D,14D,15D,16D,19D,20D,21D,22D.